The zero-order chi connectivity index (χ0) is 23.4. The van der Waals surface area contributed by atoms with E-state index in [2.05, 4.69) is 5.32 Å². The smallest absolute Gasteiger partial charge is 0.324 e. The van der Waals surface area contributed by atoms with Gasteiger partial charge < -0.3 is 15.0 Å². The molecule has 6 nitrogen and oxygen atoms in total. The molecule has 0 aliphatic carbocycles. The molecule has 1 heterocycles. The normalized spacial score (nSPS) is 13.7. The summed E-state index contributed by atoms with van der Waals surface area (Å²) in [5, 5.41) is 3.39. The third-order valence-corrected chi connectivity index (χ3v) is 5.72. The SMILES string of the molecule is COc1ccc(NC(=O)c2ccc(Cl)cc2)cc1N1CCCN(Cc2ccccc2F)C1=O. The molecule has 0 spiro atoms. The van der Waals surface area contributed by atoms with Gasteiger partial charge in [0.2, 0.25) is 0 Å². The van der Waals surface area contributed by atoms with Gasteiger partial charge in [0, 0.05) is 34.9 Å². The van der Waals surface area contributed by atoms with Gasteiger partial charge in [-0.25, -0.2) is 9.18 Å². The van der Waals surface area contributed by atoms with Crippen LogP contribution in [0.5, 0.6) is 5.75 Å². The number of benzene rings is 3. The summed E-state index contributed by atoms with van der Waals surface area (Å²) < 4.78 is 19.6. The molecule has 1 saturated heterocycles. The second-order valence-electron chi connectivity index (χ2n) is 7.65. The molecule has 1 N–H and O–H groups in total. The molecule has 0 unspecified atom stereocenters. The van der Waals surface area contributed by atoms with Crippen LogP contribution in [-0.4, -0.2) is 37.0 Å². The van der Waals surface area contributed by atoms with Gasteiger partial charge in [0.05, 0.1) is 19.3 Å². The highest BCUT2D eigenvalue weighted by molar-refractivity contribution is 6.30. The molecule has 8 heteroatoms. The van der Waals surface area contributed by atoms with Gasteiger partial charge in [0.25, 0.3) is 5.91 Å². The number of nitrogens with one attached hydrogen (secondary N) is 1. The molecule has 0 aromatic heterocycles. The minimum absolute atomic E-state index is 0.178. The van der Waals surface area contributed by atoms with Crippen LogP contribution in [0.2, 0.25) is 5.02 Å². The zero-order valence-corrected chi connectivity index (χ0v) is 18.8. The van der Waals surface area contributed by atoms with Crippen LogP contribution in [-0.2, 0) is 6.54 Å². The van der Waals surface area contributed by atoms with Crippen molar-refractivity contribution >= 4 is 34.9 Å². The third-order valence-electron chi connectivity index (χ3n) is 5.46. The lowest BCUT2D eigenvalue weighted by Crippen LogP contribution is -2.49. The zero-order valence-electron chi connectivity index (χ0n) is 18.1. The fourth-order valence-corrected chi connectivity index (χ4v) is 3.89. The Hall–Kier alpha value is -3.58. The summed E-state index contributed by atoms with van der Waals surface area (Å²) in [6, 6.07) is 17.9. The third kappa shape index (κ3) is 5.09. The van der Waals surface area contributed by atoms with Crippen molar-refractivity contribution in [3.05, 3.63) is 88.7 Å². The minimum atomic E-state index is -0.341. The number of hydrogen-bond acceptors (Lipinski definition) is 3. The van der Waals surface area contributed by atoms with E-state index >= 15 is 0 Å². The van der Waals surface area contributed by atoms with Gasteiger partial charge in [0.1, 0.15) is 11.6 Å². The van der Waals surface area contributed by atoms with Gasteiger partial charge >= 0.3 is 6.03 Å². The molecule has 0 bridgehead atoms. The number of nitrogens with zero attached hydrogens (tertiary/aromatic N) is 2. The van der Waals surface area contributed by atoms with Crippen molar-refractivity contribution < 1.29 is 18.7 Å². The Morgan fingerprint density at radius 1 is 1.09 bits per heavy atom. The van der Waals surface area contributed by atoms with E-state index in [1.807, 2.05) is 0 Å². The number of urea groups is 1. The highest BCUT2D eigenvalue weighted by atomic mass is 35.5. The first kappa shape index (κ1) is 22.6. The molecule has 3 aromatic carbocycles. The molecule has 4 rings (SSSR count). The summed E-state index contributed by atoms with van der Waals surface area (Å²) in [5.41, 5.74) is 1.98. The van der Waals surface area contributed by atoms with E-state index in [4.69, 9.17) is 16.3 Å². The number of halogens is 2. The van der Waals surface area contributed by atoms with Crippen molar-refractivity contribution in [1.82, 2.24) is 4.90 Å². The molecule has 33 heavy (non-hydrogen) atoms. The Morgan fingerprint density at radius 3 is 2.58 bits per heavy atom. The van der Waals surface area contributed by atoms with Crippen LogP contribution in [0.3, 0.4) is 0 Å². The van der Waals surface area contributed by atoms with Crippen molar-refractivity contribution in [2.75, 3.05) is 30.4 Å². The Kier molecular flexibility index (Phi) is 6.79. The maximum absolute atomic E-state index is 14.1. The number of anilines is 2. The van der Waals surface area contributed by atoms with Crippen LogP contribution in [0.4, 0.5) is 20.6 Å². The number of carbonyl (C=O) groups excluding carboxylic acids is 2. The van der Waals surface area contributed by atoms with Gasteiger partial charge in [-0.1, -0.05) is 29.8 Å². The molecule has 1 aliphatic rings. The quantitative estimate of drug-likeness (QED) is 0.515. The van der Waals surface area contributed by atoms with Gasteiger partial charge in [-0.2, -0.15) is 0 Å². The molecule has 170 valence electrons. The predicted molar refractivity (Wildman–Crippen MR) is 127 cm³/mol. The van der Waals surface area contributed by atoms with Crippen LogP contribution in [0.25, 0.3) is 0 Å². The van der Waals surface area contributed by atoms with Crippen molar-refractivity contribution in [2.45, 2.75) is 13.0 Å². The molecule has 0 saturated carbocycles. The fourth-order valence-electron chi connectivity index (χ4n) is 3.77. The number of methoxy groups -OCH3 is 1. The first-order chi connectivity index (χ1) is 16.0. The van der Waals surface area contributed by atoms with E-state index in [1.54, 1.807) is 70.5 Å². The van der Waals surface area contributed by atoms with E-state index in [1.165, 1.54) is 13.2 Å². The summed E-state index contributed by atoms with van der Waals surface area (Å²) in [6.07, 6.45) is 0.713. The molecule has 3 amide bonds. The van der Waals surface area contributed by atoms with Crippen molar-refractivity contribution in [3.63, 3.8) is 0 Å². The van der Waals surface area contributed by atoms with Gasteiger partial charge in [-0.15, -0.1) is 0 Å². The van der Waals surface area contributed by atoms with Gasteiger partial charge in [-0.3, -0.25) is 9.69 Å². The lowest BCUT2D eigenvalue weighted by Gasteiger charge is -2.36. The second kappa shape index (κ2) is 9.92. The van der Waals surface area contributed by atoms with E-state index in [-0.39, 0.29) is 24.3 Å². The van der Waals surface area contributed by atoms with Gasteiger partial charge in [-0.05, 0) is 55.0 Å². The summed E-state index contributed by atoms with van der Waals surface area (Å²) in [4.78, 5) is 29.1. The fraction of sp³-hybridized carbons (Fsp3) is 0.200. The van der Waals surface area contributed by atoms with Crippen LogP contribution < -0.4 is 15.0 Å². The Bertz CT molecular complexity index is 1170. The van der Waals surface area contributed by atoms with E-state index in [9.17, 15) is 14.0 Å². The monoisotopic (exact) mass is 467 g/mol. The maximum Gasteiger partial charge on any atom is 0.324 e. The second-order valence-corrected chi connectivity index (χ2v) is 8.08. The largest absolute Gasteiger partial charge is 0.495 e. The highest BCUT2D eigenvalue weighted by Crippen LogP contribution is 2.34. The topological polar surface area (TPSA) is 61.9 Å². The number of carbonyl (C=O) groups is 2. The van der Waals surface area contributed by atoms with Crippen molar-refractivity contribution in [3.8, 4) is 5.75 Å². The van der Waals surface area contributed by atoms with Crippen molar-refractivity contribution in [1.29, 1.82) is 0 Å². The summed E-state index contributed by atoms with van der Waals surface area (Å²) in [7, 11) is 1.52. The Morgan fingerprint density at radius 2 is 1.85 bits per heavy atom. The molecule has 0 radical (unpaired) electrons. The van der Waals surface area contributed by atoms with E-state index in [0.717, 1.165) is 0 Å². The number of rotatable bonds is 6. The highest BCUT2D eigenvalue weighted by Gasteiger charge is 2.29. The maximum atomic E-state index is 14.1. The Balaban J connectivity index is 1.56. The minimum Gasteiger partial charge on any atom is -0.495 e. The van der Waals surface area contributed by atoms with Crippen LogP contribution in [0, 0.1) is 5.82 Å². The summed E-state index contributed by atoms with van der Waals surface area (Å²) in [5.74, 6) is -0.138. The molecule has 1 fully saturated rings. The first-order valence-electron chi connectivity index (χ1n) is 10.5. The Labute approximate surface area is 196 Å². The van der Waals surface area contributed by atoms with Crippen LogP contribution in [0.1, 0.15) is 22.3 Å². The average Bonchev–Trinajstić information content (AvgIpc) is 2.82. The van der Waals surface area contributed by atoms with Gasteiger partial charge in [0.15, 0.2) is 0 Å². The number of amides is 3. The van der Waals surface area contributed by atoms with Crippen molar-refractivity contribution in [2.24, 2.45) is 0 Å². The standard InChI is InChI=1S/C25H23ClFN3O3/c1-33-23-12-11-20(28-24(31)17-7-9-19(26)10-8-17)15-22(23)30-14-4-13-29(25(30)32)16-18-5-2-3-6-21(18)27/h2-3,5-12,15H,4,13-14,16H2,1H3,(H,28,31). The lowest BCUT2D eigenvalue weighted by molar-refractivity contribution is 0.102. The first-order valence-corrected chi connectivity index (χ1v) is 10.9. The van der Waals surface area contributed by atoms with Crippen LogP contribution in [0.15, 0.2) is 66.7 Å². The van der Waals surface area contributed by atoms with E-state index in [0.29, 0.717) is 52.8 Å². The molecular weight excluding hydrogens is 445 g/mol. The summed E-state index contributed by atoms with van der Waals surface area (Å²) >= 11 is 5.89. The van der Waals surface area contributed by atoms with E-state index < -0.39 is 0 Å². The van der Waals surface area contributed by atoms with Crippen LogP contribution >= 0.6 is 11.6 Å². The molecule has 3 aromatic rings. The molecule has 1 aliphatic heterocycles. The molecule has 0 atom stereocenters. The number of hydrogen-bond donors (Lipinski definition) is 1. The predicted octanol–water partition coefficient (Wildman–Crippen LogP) is 5.57. The molecular formula is C25H23ClFN3O3. The number of ether oxygens (including phenoxy) is 1. The average molecular weight is 468 g/mol. The summed E-state index contributed by atoms with van der Waals surface area (Å²) in [6.45, 7) is 1.19. The lowest BCUT2D eigenvalue weighted by atomic mass is 10.1.